The van der Waals surface area contributed by atoms with Crippen LogP contribution in [0.5, 0.6) is 0 Å². The molecule has 2 aromatic rings. The molecule has 1 atom stereocenters. The predicted molar refractivity (Wildman–Crippen MR) is 94.0 cm³/mol. The average Bonchev–Trinajstić information content (AvgIpc) is 2.56. The van der Waals surface area contributed by atoms with Gasteiger partial charge in [0.25, 0.3) is 0 Å². The topological polar surface area (TPSA) is 46.5 Å². The van der Waals surface area contributed by atoms with E-state index in [1.807, 2.05) is 49.4 Å². The second kappa shape index (κ2) is 9.38. The van der Waals surface area contributed by atoms with Gasteiger partial charge < -0.3 is 9.84 Å². The highest BCUT2D eigenvalue weighted by molar-refractivity contribution is 8.00. The molecule has 2 rings (SSSR count). The van der Waals surface area contributed by atoms with E-state index in [0.717, 1.165) is 11.3 Å². The monoisotopic (exact) mass is 330 g/mol. The molecule has 0 aliphatic heterocycles. The van der Waals surface area contributed by atoms with Crippen molar-refractivity contribution in [2.45, 2.75) is 29.9 Å². The number of hydrogen-bond donors (Lipinski definition) is 1. The van der Waals surface area contributed by atoms with Gasteiger partial charge in [-0.15, -0.1) is 11.8 Å². The van der Waals surface area contributed by atoms with Crippen LogP contribution in [0.1, 0.15) is 17.5 Å². The predicted octanol–water partition coefficient (Wildman–Crippen LogP) is 4.19. The molecule has 23 heavy (non-hydrogen) atoms. The molecular formula is C19H22O3S. The first-order valence-corrected chi connectivity index (χ1v) is 8.61. The van der Waals surface area contributed by atoms with Crippen molar-refractivity contribution < 1.29 is 14.6 Å². The van der Waals surface area contributed by atoms with Crippen LogP contribution in [0.2, 0.25) is 0 Å². The summed E-state index contributed by atoms with van der Waals surface area (Å²) >= 11 is 1.38. The minimum atomic E-state index is -0.790. The largest absolute Gasteiger partial charge is 0.480 e. The van der Waals surface area contributed by atoms with Crippen LogP contribution in [-0.4, -0.2) is 29.5 Å². The summed E-state index contributed by atoms with van der Waals surface area (Å²) in [4.78, 5) is 12.4. The number of carboxylic acid groups (broad SMARTS) is 1. The van der Waals surface area contributed by atoms with Crippen LogP contribution in [0.15, 0.2) is 59.5 Å². The fourth-order valence-corrected chi connectivity index (χ4v) is 3.08. The zero-order valence-electron chi connectivity index (χ0n) is 13.3. The van der Waals surface area contributed by atoms with E-state index < -0.39 is 11.2 Å². The van der Waals surface area contributed by atoms with Crippen molar-refractivity contribution in [2.75, 3.05) is 13.2 Å². The van der Waals surface area contributed by atoms with Crippen molar-refractivity contribution >= 4 is 17.7 Å². The zero-order valence-corrected chi connectivity index (χ0v) is 14.1. The second-order valence-electron chi connectivity index (χ2n) is 5.39. The van der Waals surface area contributed by atoms with E-state index in [-0.39, 0.29) is 0 Å². The molecule has 0 radical (unpaired) electrons. The smallest absolute Gasteiger partial charge is 0.317 e. The third kappa shape index (κ3) is 6.47. The van der Waals surface area contributed by atoms with Crippen molar-refractivity contribution in [1.82, 2.24) is 0 Å². The highest BCUT2D eigenvalue weighted by Crippen LogP contribution is 2.26. The maximum atomic E-state index is 11.4. The molecule has 0 saturated heterocycles. The molecule has 0 saturated carbocycles. The Morgan fingerprint density at radius 3 is 2.43 bits per heavy atom. The summed E-state index contributed by atoms with van der Waals surface area (Å²) in [6, 6.07) is 18.1. The maximum Gasteiger partial charge on any atom is 0.317 e. The first-order valence-electron chi connectivity index (χ1n) is 7.73. The van der Waals surface area contributed by atoms with Gasteiger partial charge in [-0.2, -0.15) is 0 Å². The Morgan fingerprint density at radius 2 is 1.78 bits per heavy atom. The van der Waals surface area contributed by atoms with Crippen molar-refractivity contribution in [3.8, 4) is 0 Å². The molecule has 1 N–H and O–H groups in total. The first-order chi connectivity index (χ1) is 11.1. The van der Waals surface area contributed by atoms with Crippen molar-refractivity contribution in [3.63, 3.8) is 0 Å². The molecule has 0 fully saturated rings. The molecule has 0 heterocycles. The number of benzene rings is 2. The second-order valence-corrected chi connectivity index (χ2v) is 6.67. The van der Waals surface area contributed by atoms with Gasteiger partial charge in [-0.05, 0) is 37.5 Å². The van der Waals surface area contributed by atoms with Gasteiger partial charge in [0.2, 0.25) is 0 Å². The Morgan fingerprint density at radius 1 is 1.09 bits per heavy atom. The van der Waals surface area contributed by atoms with Gasteiger partial charge in [-0.3, -0.25) is 4.79 Å². The summed E-state index contributed by atoms with van der Waals surface area (Å²) in [7, 11) is 0. The minimum Gasteiger partial charge on any atom is -0.480 e. The van der Waals surface area contributed by atoms with Crippen LogP contribution in [-0.2, 0) is 16.0 Å². The number of aliphatic carboxylic acids is 1. The van der Waals surface area contributed by atoms with Crippen molar-refractivity contribution in [3.05, 3.63) is 65.7 Å². The summed E-state index contributed by atoms with van der Waals surface area (Å²) in [6.45, 7) is 3.10. The number of aryl methyl sites for hydroxylation is 1. The van der Waals surface area contributed by atoms with E-state index in [2.05, 4.69) is 12.1 Å². The number of thioether (sulfide) groups is 1. The Balaban J connectivity index is 1.72. The fourth-order valence-electron chi connectivity index (χ4n) is 2.14. The van der Waals surface area contributed by atoms with E-state index in [1.165, 1.54) is 22.9 Å². The molecule has 3 nitrogen and oxygen atoms in total. The number of rotatable bonds is 9. The molecule has 0 amide bonds. The first kappa shape index (κ1) is 17.6. The number of ether oxygens (including phenoxy) is 1. The van der Waals surface area contributed by atoms with Crippen molar-refractivity contribution in [1.29, 1.82) is 0 Å². The summed E-state index contributed by atoms with van der Waals surface area (Å²) in [5.41, 5.74) is 2.40. The fraction of sp³-hybridized carbons (Fsp3) is 0.316. The molecule has 1 unspecified atom stereocenters. The van der Waals surface area contributed by atoms with Crippen LogP contribution >= 0.6 is 11.8 Å². The maximum absolute atomic E-state index is 11.4. The van der Waals surface area contributed by atoms with Gasteiger partial charge in [0.05, 0.1) is 6.61 Å². The van der Waals surface area contributed by atoms with Gasteiger partial charge >= 0.3 is 5.97 Å². The van der Waals surface area contributed by atoms with Gasteiger partial charge in [0, 0.05) is 11.5 Å². The zero-order chi connectivity index (χ0) is 16.5. The molecule has 0 aliphatic rings. The third-order valence-electron chi connectivity index (χ3n) is 3.48. The number of carbonyl (C=O) groups is 1. The lowest BCUT2D eigenvalue weighted by atomic mass is 10.2. The molecule has 2 aromatic carbocycles. The van der Waals surface area contributed by atoms with E-state index in [9.17, 15) is 9.90 Å². The standard InChI is InChI=1S/C19H22O3S/c1-15-7-9-17(10-8-15)23-18(19(20)21)12-14-22-13-11-16-5-3-2-4-6-16/h2-10,18H,11-14H2,1H3,(H,20,21). The van der Waals surface area contributed by atoms with Gasteiger partial charge in [0.1, 0.15) is 5.25 Å². The van der Waals surface area contributed by atoms with Gasteiger partial charge in [-0.25, -0.2) is 0 Å². The lowest BCUT2D eigenvalue weighted by Crippen LogP contribution is -2.18. The summed E-state index contributed by atoms with van der Waals surface area (Å²) < 4.78 is 5.60. The number of hydrogen-bond acceptors (Lipinski definition) is 3. The van der Waals surface area contributed by atoms with E-state index >= 15 is 0 Å². The summed E-state index contributed by atoms with van der Waals surface area (Å²) in [6.07, 6.45) is 1.35. The molecule has 0 aliphatic carbocycles. The van der Waals surface area contributed by atoms with E-state index in [4.69, 9.17) is 4.74 Å². The Labute approximate surface area is 141 Å². The lowest BCUT2D eigenvalue weighted by molar-refractivity contribution is -0.136. The Kier molecular flexibility index (Phi) is 7.17. The molecule has 0 bridgehead atoms. The van der Waals surface area contributed by atoms with Crippen molar-refractivity contribution in [2.24, 2.45) is 0 Å². The van der Waals surface area contributed by atoms with Crippen LogP contribution in [0.25, 0.3) is 0 Å². The molecule has 4 heteroatoms. The third-order valence-corrected chi connectivity index (χ3v) is 4.74. The summed E-state index contributed by atoms with van der Waals surface area (Å²) in [5, 5.41) is 8.87. The molecular weight excluding hydrogens is 308 g/mol. The summed E-state index contributed by atoms with van der Waals surface area (Å²) in [5.74, 6) is -0.790. The van der Waals surface area contributed by atoms with Gasteiger partial charge in [0.15, 0.2) is 0 Å². The Hall–Kier alpha value is -1.78. The van der Waals surface area contributed by atoms with Crippen LogP contribution in [0.3, 0.4) is 0 Å². The van der Waals surface area contributed by atoms with Crippen LogP contribution in [0, 0.1) is 6.92 Å². The number of carboxylic acids is 1. The van der Waals surface area contributed by atoms with Gasteiger partial charge in [-0.1, -0.05) is 48.0 Å². The molecule has 0 spiro atoms. The highest BCUT2D eigenvalue weighted by Gasteiger charge is 2.18. The molecule has 122 valence electrons. The van der Waals surface area contributed by atoms with E-state index in [1.54, 1.807) is 0 Å². The average molecular weight is 330 g/mol. The SMILES string of the molecule is Cc1ccc(SC(CCOCCc2ccccc2)C(=O)O)cc1. The minimum absolute atomic E-state index is 0.461. The quantitative estimate of drug-likeness (QED) is 0.553. The highest BCUT2D eigenvalue weighted by atomic mass is 32.2. The van der Waals surface area contributed by atoms with E-state index in [0.29, 0.717) is 19.6 Å². The molecule has 0 aromatic heterocycles. The Bertz CT molecular complexity index is 596. The van der Waals surface area contributed by atoms with Crippen LogP contribution in [0.4, 0.5) is 0 Å². The lowest BCUT2D eigenvalue weighted by Gasteiger charge is -2.12. The van der Waals surface area contributed by atoms with Crippen LogP contribution < -0.4 is 0 Å². The normalized spacial score (nSPS) is 12.0.